The van der Waals surface area contributed by atoms with Gasteiger partial charge in [0.15, 0.2) is 6.10 Å². The number of benzene rings is 2. The predicted octanol–water partition coefficient (Wildman–Crippen LogP) is 5.06. The zero-order chi connectivity index (χ0) is 19.1. The van der Waals surface area contributed by atoms with Crippen LogP contribution in [0.1, 0.15) is 63.1 Å². The molecule has 3 nitrogen and oxygen atoms in total. The van der Waals surface area contributed by atoms with Gasteiger partial charge in [0.05, 0.1) is 0 Å². The molecule has 0 aromatic heterocycles. The van der Waals surface area contributed by atoms with Gasteiger partial charge in [-0.05, 0) is 47.9 Å². The van der Waals surface area contributed by atoms with E-state index in [1.54, 1.807) is 6.92 Å². The number of rotatable bonds is 8. The normalized spacial score (nSPS) is 12.3. The van der Waals surface area contributed by atoms with Crippen LogP contribution in [0.2, 0.25) is 0 Å². The van der Waals surface area contributed by atoms with Crippen LogP contribution in [0, 0.1) is 0 Å². The van der Waals surface area contributed by atoms with E-state index in [1.165, 1.54) is 11.1 Å². The lowest BCUT2D eigenvalue weighted by molar-refractivity contribution is -0.127. The van der Waals surface area contributed by atoms with Crippen LogP contribution < -0.4 is 10.1 Å². The second kappa shape index (κ2) is 9.42. The summed E-state index contributed by atoms with van der Waals surface area (Å²) in [4.78, 5) is 12.3. The average molecular weight is 354 g/mol. The Bertz CT molecular complexity index is 704. The molecule has 0 aliphatic heterocycles. The number of amides is 1. The highest BCUT2D eigenvalue weighted by molar-refractivity contribution is 5.80. The summed E-state index contributed by atoms with van der Waals surface area (Å²) in [5.74, 6) is 1.60. The summed E-state index contributed by atoms with van der Waals surface area (Å²) in [6, 6.07) is 16.5. The summed E-state index contributed by atoms with van der Waals surface area (Å²) < 4.78 is 5.90. The van der Waals surface area contributed by atoms with Crippen molar-refractivity contribution < 1.29 is 9.53 Å². The van der Waals surface area contributed by atoms with Crippen molar-refractivity contribution in [1.82, 2.24) is 5.32 Å². The summed E-state index contributed by atoms with van der Waals surface area (Å²) in [5, 5.41) is 2.97. The third kappa shape index (κ3) is 5.62. The van der Waals surface area contributed by atoms with Gasteiger partial charge in [-0.1, -0.05) is 70.2 Å². The van der Waals surface area contributed by atoms with Crippen LogP contribution >= 0.6 is 0 Å². The molecule has 2 aromatic rings. The van der Waals surface area contributed by atoms with Crippen molar-refractivity contribution in [2.24, 2.45) is 0 Å². The first-order valence-corrected chi connectivity index (χ1v) is 9.50. The molecule has 1 unspecified atom stereocenters. The predicted molar refractivity (Wildman–Crippen MR) is 108 cm³/mol. The second-order valence-corrected chi connectivity index (χ2v) is 7.39. The number of ether oxygens (including phenoxy) is 1. The van der Waals surface area contributed by atoms with Crippen molar-refractivity contribution in [2.45, 2.75) is 59.0 Å². The molecule has 0 aliphatic carbocycles. The molecule has 26 heavy (non-hydrogen) atoms. The maximum absolute atomic E-state index is 12.3. The number of para-hydroxylation sites is 1. The first kappa shape index (κ1) is 20.0. The Kier molecular flexibility index (Phi) is 7.26. The highest BCUT2D eigenvalue weighted by atomic mass is 16.5. The van der Waals surface area contributed by atoms with E-state index < -0.39 is 6.10 Å². The number of carbonyl (C=O) groups is 1. The van der Waals surface area contributed by atoms with Gasteiger partial charge in [0.2, 0.25) is 0 Å². The summed E-state index contributed by atoms with van der Waals surface area (Å²) in [6.45, 7) is 11.0. The fraction of sp³-hybridized carbons (Fsp3) is 0.435. The zero-order valence-corrected chi connectivity index (χ0v) is 16.6. The molecule has 0 aliphatic rings. The third-order valence-electron chi connectivity index (χ3n) is 4.57. The van der Waals surface area contributed by atoms with Crippen molar-refractivity contribution in [3.63, 3.8) is 0 Å². The molecule has 1 N–H and O–H groups in total. The Balaban J connectivity index is 1.84. The van der Waals surface area contributed by atoms with Gasteiger partial charge < -0.3 is 10.1 Å². The minimum atomic E-state index is -0.516. The van der Waals surface area contributed by atoms with E-state index in [1.807, 2.05) is 24.3 Å². The van der Waals surface area contributed by atoms with Crippen molar-refractivity contribution in [3.8, 4) is 5.75 Å². The molecule has 2 aromatic carbocycles. The van der Waals surface area contributed by atoms with Crippen molar-refractivity contribution >= 4 is 5.91 Å². The van der Waals surface area contributed by atoms with Crippen LogP contribution in [0.25, 0.3) is 0 Å². The highest BCUT2D eigenvalue weighted by Crippen LogP contribution is 2.26. The van der Waals surface area contributed by atoms with Gasteiger partial charge in [0.1, 0.15) is 5.75 Å². The molecule has 2 rings (SSSR count). The van der Waals surface area contributed by atoms with E-state index in [0.29, 0.717) is 18.4 Å². The van der Waals surface area contributed by atoms with Crippen molar-refractivity contribution in [3.05, 3.63) is 65.2 Å². The van der Waals surface area contributed by atoms with Gasteiger partial charge in [-0.25, -0.2) is 0 Å². The summed E-state index contributed by atoms with van der Waals surface area (Å²) in [5.41, 5.74) is 3.69. The van der Waals surface area contributed by atoms with Crippen LogP contribution in [-0.2, 0) is 11.2 Å². The van der Waals surface area contributed by atoms with Gasteiger partial charge in [-0.2, -0.15) is 0 Å². The molecule has 1 atom stereocenters. The van der Waals surface area contributed by atoms with Gasteiger partial charge in [0, 0.05) is 6.54 Å². The van der Waals surface area contributed by atoms with Crippen LogP contribution in [0.3, 0.4) is 0 Å². The van der Waals surface area contributed by atoms with E-state index in [0.717, 1.165) is 17.7 Å². The van der Waals surface area contributed by atoms with Crippen LogP contribution in [0.15, 0.2) is 48.5 Å². The molecular weight excluding hydrogens is 322 g/mol. The van der Waals surface area contributed by atoms with E-state index in [-0.39, 0.29) is 5.91 Å². The maximum Gasteiger partial charge on any atom is 0.260 e. The Morgan fingerprint density at radius 3 is 2.19 bits per heavy atom. The minimum absolute atomic E-state index is 0.0811. The lowest BCUT2D eigenvalue weighted by Crippen LogP contribution is -2.37. The molecule has 0 bridgehead atoms. The molecule has 1 amide bonds. The Morgan fingerprint density at radius 1 is 0.923 bits per heavy atom. The van der Waals surface area contributed by atoms with E-state index in [2.05, 4.69) is 57.3 Å². The van der Waals surface area contributed by atoms with Crippen molar-refractivity contribution in [1.29, 1.82) is 0 Å². The minimum Gasteiger partial charge on any atom is -0.481 e. The molecule has 0 fully saturated rings. The summed E-state index contributed by atoms with van der Waals surface area (Å²) >= 11 is 0. The first-order valence-electron chi connectivity index (χ1n) is 9.50. The molecule has 0 spiro atoms. The molecule has 0 heterocycles. The number of carbonyl (C=O) groups excluding carboxylic acids is 1. The average Bonchev–Trinajstić information content (AvgIpc) is 2.62. The highest BCUT2D eigenvalue weighted by Gasteiger charge is 2.16. The fourth-order valence-corrected chi connectivity index (χ4v) is 2.85. The molecule has 3 heteroatoms. The van der Waals surface area contributed by atoms with E-state index in [4.69, 9.17) is 4.74 Å². The summed E-state index contributed by atoms with van der Waals surface area (Å²) in [7, 11) is 0. The van der Waals surface area contributed by atoms with Gasteiger partial charge >= 0.3 is 0 Å². The zero-order valence-electron chi connectivity index (χ0n) is 16.6. The lowest BCUT2D eigenvalue weighted by Gasteiger charge is -2.18. The molecule has 0 saturated carbocycles. The summed E-state index contributed by atoms with van der Waals surface area (Å²) in [6.07, 6.45) is 0.303. The quantitative estimate of drug-likeness (QED) is 0.720. The smallest absolute Gasteiger partial charge is 0.260 e. The fourth-order valence-electron chi connectivity index (χ4n) is 2.85. The molecular formula is C23H31NO2. The Labute approximate surface area is 157 Å². The van der Waals surface area contributed by atoms with Crippen LogP contribution in [-0.4, -0.2) is 18.6 Å². The van der Waals surface area contributed by atoms with Gasteiger partial charge in [-0.15, -0.1) is 0 Å². The Hall–Kier alpha value is -2.29. The van der Waals surface area contributed by atoms with E-state index in [9.17, 15) is 4.79 Å². The largest absolute Gasteiger partial charge is 0.481 e. The van der Waals surface area contributed by atoms with Crippen molar-refractivity contribution in [2.75, 3.05) is 6.54 Å². The monoisotopic (exact) mass is 353 g/mol. The maximum atomic E-state index is 12.3. The number of nitrogens with one attached hydrogen (secondary N) is 1. The van der Waals surface area contributed by atoms with Gasteiger partial charge in [-0.3, -0.25) is 4.79 Å². The standard InChI is InChI=1S/C23H31NO2/c1-16(2)20-12-10-19(11-13-20)14-15-24-23(25)18(5)26-22-9-7-6-8-21(22)17(3)4/h6-13,16-18H,14-15H2,1-5H3,(H,24,25). The van der Waals surface area contributed by atoms with Crippen LogP contribution in [0.4, 0.5) is 0 Å². The molecule has 0 saturated heterocycles. The van der Waals surface area contributed by atoms with Gasteiger partial charge in [0.25, 0.3) is 5.91 Å². The second-order valence-electron chi connectivity index (χ2n) is 7.39. The number of hydrogen-bond acceptors (Lipinski definition) is 2. The Morgan fingerprint density at radius 2 is 1.58 bits per heavy atom. The first-order chi connectivity index (χ1) is 12.4. The SMILES string of the molecule is CC(Oc1ccccc1C(C)C)C(=O)NCCc1ccc(C(C)C)cc1. The number of hydrogen-bond donors (Lipinski definition) is 1. The van der Waals surface area contributed by atoms with E-state index >= 15 is 0 Å². The molecule has 140 valence electrons. The lowest BCUT2D eigenvalue weighted by atomic mass is 10.0. The topological polar surface area (TPSA) is 38.3 Å². The third-order valence-corrected chi connectivity index (χ3v) is 4.57. The molecule has 0 radical (unpaired) electrons. The van der Waals surface area contributed by atoms with Crippen LogP contribution in [0.5, 0.6) is 5.75 Å².